The van der Waals surface area contributed by atoms with Crippen LogP contribution < -0.4 is 10.6 Å². The van der Waals surface area contributed by atoms with Gasteiger partial charge in [0.25, 0.3) is 0 Å². The van der Waals surface area contributed by atoms with E-state index in [1.807, 2.05) is 20.8 Å². The predicted molar refractivity (Wildman–Crippen MR) is 104 cm³/mol. The molecule has 3 N–H and O–H groups in total. The number of aliphatic hydroxyl groups excluding tert-OH is 1. The van der Waals surface area contributed by atoms with Crippen molar-refractivity contribution >= 4 is 5.96 Å². The van der Waals surface area contributed by atoms with E-state index in [0.717, 1.165) is 38.3 Å². The molecule has 1 heterocycles. The van der Waals surface area contributed by atoms with Crippen molar-refractivity contribution in [2.24, 2.45) is 10.4 Å². The Bertz CT molecular complexity index is 564. The highest BCUT2D eigenvalue weighted by molar-refractivity contribution is 5.79. The molecule has 1 fully saturated rings. The van der Waals surface area contributed by atoms with Crippen molar-refractivity contribution in [1.29, 1.82) is 0 Å². The number of hydrogen-bond acceptors (Lipinski definition) is 6. The van der Waals surface area contributed by atoms with Crippen molar-refractivity contribution in [2.45, 2.75) is 71.9 Å². The predicted octanol–water partition coefficient (Wildman–Crippen LogP) is 2.56. The van der Waals surface area contributed by atoms with Crippen LogP contribution in [0, 0.1) is 5.41 Å². The Balaban J connectivity index is 1.95. The molecule has 1 aliphatic carbocycles. The molecule has 1 aliphatic rings. The maximum atomic E-state index is 9.48. The molecule has 8 heteroatoms. The van der Waals surface area contributed by atoms with E-state index < -0.39 is 0 Å². The van der Waals surface area contributed by atoms with Crippen molar-refractivity contribution in [3.63, 3.8) is 0 Å². The summed E-state index contributed by atoms with van der Waals surface area (Å²) in [6, 6.07) is 0. The molecule has 1 atom stereocenters. The fraction of sp³-hybridized carbons (Fsp3) is 0.842. The molecule has 0 radical (unpaired) electrons. The zero-order chi connectivity index (χ0) is 19.5. The molecule has 1 unspecified atom stereocenters. The summed E-state index contributed by atoms with van der Waals surface area (Å²) >= 11 is 0. The van der Waals surface area contributed by atoms with Gasteiger partial charge in [-0.15, -0.1) is 0 Å². The van der Waals surface area contributed by atoms with Crippen LogP contribution in [0.25, 0.3) is 0 Å². The van der Waals surface area contributed by atoms with E-state index >= 15 is 0 Å². The van der Waals surface area contributed by atoms with Crippen LogP contribution in [-0.4, -0.2) is 47.5 Å². The minimum absolute atomic E-state index is 0.160. The number of nitrogens with one attached hydrogen (secondary N) is 2. The molecule has 0 amide bonds. The van der Waals surface area contributed by atoms with Crippen molar-refractivity contribution in [3.05, 3.63) is 11.7 Å². The van der Waals surface area contributed by atoms with E-state index in [0.29, 0.717) is 24.9 Å². The van der Waals surface area contributed by atoms with Gasteiger partial charge >= 0.3 is 0 Å². The van der Waals surface area contributed by atoms with Gasteiger partial charge < -0.3 is 25.0 Å². The molecular weight excluding hydrogens is 346 g/mol. The lowest BCUT2D eigenvalue weighted by Gasteiger charge is -2.37. The summed E-state index contributed by atoms with van der Waals surface area (Å²) in [4.78, 5) is 8.93. The summed E-state index contributed by atoms with van der Waals surface area (Å²) in [5, 5.41) is 20.2. The second-order valence-electron chi connectivity index (χ2n) is 7.23. The van der Waals surface area contributed by atoms with Crippen molar-refractivity contribution in [2.75, 3.05) is 26.3 Å². The number of hydrogen-bond donors (Lipinski definition) is 3. The molecule has 1 saturated carbocycles. The number of aliphatic imine (C=N–C) groups is 1. The van der Waals surface area contributed by atoms with Crippen LogP contribution in [0.15, 0.2) is 9.52 Å². The Hall–Kier alpha value is -1.67. The van der Waals surface area contributed by atoms with E-state index in [1.165, 1.54) is 19.3 Å². The van der Waals surface area contributed by atoms with Crippen molar-refractivity contribution in [1.82, 2.24) is 20.8 Å². The third-order valence-electron chi connectivity index (χ3n) is 5.17. The second kappa shape index (κ2) is 11.2. The van der Waals surface area contributed by atoms with Crippen LogP contribution in [0.4, 0.5) is 0 Å². The lowest BCUT2D eigenvalue weighted by molar-refractivity contribution is 0.0683. The van der Waals surface area contributed by atoms with Gasteiger partial charge in [0.15, 0.2) is 11.8 Å². The third kappa shape index (κ3) is 6.77. The normalized spacial score (nSPS) is 18.3. The molecule has 8 nitrogen and oxygen atoms in total. The van der Waals surface area contributed by atoms with Crippen LogP contribution in [0.5, 0.6) is 0 Å². The highest BCUT2D eigenvalue weighted by atomic mass is 16.5. The Labute approximate surface area is 162 Å². The summed E-state index contributed by atoms with van der Waals surface area (Å²) in [6.45, 7) is 8.62. The molecule has 27 heavy (non-hydrogen) atoms. The van der Waals surface area contributed by atoms with E-state index in [1.54, 1.807) is 0 Å². The van der Waals surface area contributed by atoms with Gasteiger partial charge in [0.05, 0.1) is 0 Å². The van der Waals surface area contributed by atoms with Gasteiger partial charge in [-0.3, -0.25) is 0 Å². The monoisotopic (exact) mass is 381 g/mol. The average Bonchev–Trinajstić information content (AvgIpc) is 3.14. The molecule has 154 valence electrons. The van der Waals surface area contributed by atoms with Crippen LogP contribution in [-0.2, 0) is 11.3 Å². The van der Waals surface area contributed by atoms with Crippen LogP contribution >= 0.6 is 0 Å². The maximum Gasteiger partial charge on any atom is 0.248 e. The summed E-state index contributed by atoms with van der Waals surface area (Å²) in [6.07, 6.45) is 6.72. The number of aliphatic hydroxyl groups is 1. The first-order chi connectivity index (χ1) is 13.1. The Kier molecular flexibility index (Phi) is 9.00. The Morgan fingerprint density at radius 2 is 2.07 bits per heavy atom. The summed E-state index contributed by atoms with van der Waals surface area (Å²) in [5.41, 5.74) is 0.160. The summed E-state index contributed by atoms with van der Waals surface area (Å²) in [5.74, 6) is 1.75. The third-order valence-corrected chi connectivity index (χ3v) is 5.17. The first-order valence-corrected chi connectivity index (χ1v) is 10.2. The second-order valence-corrected chi connectivity index (χ2v) is 7.23. The number of aromatic nitrogens is 2. The zero-order valence-corrected chi connectivity index (χ0v) is 17.0. The van der Waals surface area contributed by atoms with E-state index in [2.05, 4.69) is 25.8 Å². The standard InChI is InChI=1S/C19H35N5O3/c1-4-20-18(22-14-19(11-12-25)9-7-6-8-10-19)21-13-16-23-17(24-27-16)15(3)26-5-2/h15,25H,4-14H2,1-3H3,(H2,20,21,22). The van der Waals surface area contributed by atoms with Crippen molar-refractivity contribution < 1.29 is 14.4 Å². The highest BCUT2D eigenvalue weighted by Crippen LogP contribution is 2.38. The topological polar surface area (TPSA) is 105 Å². The molecule has 0 saturated heterocycles. The van der Waals surface area contributed by atoms with Crippen LogP contribution in [0.3, 0.4) is 0 Å². The largest absolute Gasteiger partial charge is 0.396 e. The van der Waals surface area contributed by atoms with Gasteiger partial charge in [0.1, 0.15) is 12.6 Å². The average molecular weight is 382 g/mol. The van der Waals surface area contributed by atoms with Gasteiger partial charge in [0.2, 0.25) is 5.89 Å². The van der Waals surface area contributed by atoms with Crippen LogP contribution in [0.2, 0.25) is 0 Å². The Morgan fingerprint density at radius 1 is 1.30 bits per heavy atom. The fourth-order valence-electron chi connectivity index (χ4n) is 3.64. The quantitative estimate of drug-likeness (QED) is 0.422. The molecular formula is C19H35N5O3. The zero-order valence-electron chi connectivity index (χ0n) is 17.0. The van der Waals surface area contributed by atoms with Gasteiger partial charge in [-0.2, -0.15) is 4.98 Å². The van der Waals surface area contributed by atoms with E-state index in [-0.39, 0.29) is 18.1 Å². The maximum absolute atomic E-state index is 9.48. The lowest BCUT2D eigenvalue weighted by Crippen LogP contribution is -2.44. The van der Waals surface area contributed by atoms with Gasteiger partial charge in [0, 0.05) is 26.3 Å². The van der Waals surface area contributed by atoms with Gasteiger partial charge in [-0.25, -0.2) is 4.99 Å². The van der Waals surface area contributed by atoms with Gasteiger partial charge in [-0.05, 0) is 45.4 Å². The van der Waals surface area contributed by atoms with E-state index in [4.69, 9.17) is 9.26 Å². The molecule has 0 spiro atoms. The first-order valence-electron chi connectivity index (χ1n) is 10.2. The smallest absolute Gasteiger partial charge is 0.248 e. The minimum Gasteiger partial charge on any atom is -0.396 e. The number of rotatable bonds is 10. The highest BCUT2D eigenvalue weighted by Gasteiger charge is 2.31. The molecule has 2 rings (SSSR count). The SMILES string of the molecule is CCNC(=NCc1nc(C(C)OCC)no1)NCC1(CCO)CCCCC1. The molecule has 0 aliphatic heterocycles. The molecule has 1 aromatic rings. The van der Waals surface area contributed by atoms with Crippen LogP contribution in [0.1, 0.15) is 77.1 Å². The fourth-order valence-corrected chi connectivity index (χ4v) is 3.64. The minimum atomic E-state index is -0.188. The molecule has 0 bridgehead atoms. The van der Waals surface area contributed by atoms with Crippen molar-refractivity contribution in [3.8, 4) is 0 Å². The summed E-state index contributed by atoms with van der Waals surface area (Å²) in [7, 11) is 0. The summed E-state index contributed by atoms with van der Waals surface area (Å²) < 4.78 is 10.8. The number of ether oxygens (including phenoxy) is 1. The first kappa shape index (κ1) is 21.6. The lowest BCUT2D eigenvalue weighted by atomic mass is 9.72. The Morgan fingerprint density at radius 3 is 2.74 bits per heavy atom. The van der Waals surface area contributed by atoms with Gasteiger partial charge in [-0.1, -0.05) is 24.4 Å². The molecule has 1 aromatic heterocycles. The number of nitrogens with zero attached hydrogens (tertiary/aromatic N) is 3. The molecule has 0 aromatic carbocycles. The number of guanidine groups is 1. The van der Waals surface area contributed by atoms with E-state index in [9.17, 15) is 5.11 Å².